The molecule has 0 bridgehead atoms. The Morgan fingerprint density at radius 2 is 1.47 bits per heavy atom. The Morgan fingerprint density at radius 3 is 1.91 bits per heavy atom. The Morgan fingerprint density at radius 1 is 0.969 bits per heavy atom. The topological polar surface area (TPSA) is 58.6 Å². The summed E-state index contributed by atoms with van der Waals surface area (Å²) in [6, 6.07) is 11.4. The van der Waals surface area contributed by atoms with E-state index in [-0.39, 0.29) is 17.4 Å². The summed E-state index contributed by atoms with van der Waals surface area (Å²) in [5.41, 5.74) is 1.48. The van der Waals surface area contributed by atoms with Crippen LogP contribution in [0.1, 0.15) is 66.5 Å². The van der Waals surface area contributed by atoms with Gasteiger partial charge in [0.15, 0.2) is 0 Å². The molecular formula is C26H38ClNO3S. The number of hydrogen-bond donors (Lipinski definition) is 2. The smallest absolute Gasteiger partial charge is 0.126 e. The van der Waals surface area contributed by atoms with Crippen LogP contribution >= 0.6 is 11.6 Å². The number of benzene rings is 2. The molecule has 2 aromatic rings. The lowest BCUT2D eigenvalue weighted by molar-refractivity contribution is 0.102. The van der Waals surface area contributed by atoms with Gasteiger partial charge in [-0.1, -0.05) is 67.0 Å². The van der Waals surface area contributed by atoms with Crippen molar-refractivity contribution in [1.82, 2.24) is 5.32 Å². The fraction of sp³-hybridized carbons (Fsp3) is 0.538. The zero-order valence-electron chi connectivity index (χ0n) is 20.6. The molecule has 0 spiro atoms. The highest BCUT2D eigenvalue weighted by atomic mass is 35.5. The quantitative estimate of drug-likeness (QED) is 0.499. The Kier molecular flexibility index (Phi) is 8.97. The third kappa shape index (κ3) is 7.31. The van der Waals surface area contributed by atoms with Gasteiger partial charge in [-0.25, -0.2) is 4.21 Å². The highest BCUT2D eigenvalue weighted by molar-refractivity contribution is 7.85. The van der Waals surface area contributed by atoms with E-state index in [2.05, 4.69) is 46.9 Å². The molecule has 2 atom stereocenters. The molecular weight excluding hydrogens is 442 g/mol. The molecule has 0 aliphatic rings. The minimum absolute atomic E-state index is 0.186. The number of ether oxygens (including phenoxy) is 1. The average molecular weight is 480 g/mol. The van der Waals surface area contributed by atoms with E-state index in [9.17, 15) is 9.32 Å². The molecule has 0 aliphatic heterocycles. The fourth-order valence-corrected chi connectivity index (χ4v) is 4.51. The number of nitrogens with one attached hydrogen (secondary N) is 1. The third-order valence-corrected chi connectivity index (χ3v) is 6.72. The summed E-state index contributed by atoms with van der Waals surface area (Å²) in [6.45, 7) is 17.4. The van der Waals surface area contributed by atoms with Crippen molar-refractivity contribution in [2.24, 2.45) is 0 Å². The molecule has 0 saturated carbocycles. The first-order chi connectivity index (χ1) is 14.7. The van der Waals surface area contributed by atoms with Gasteiger partial charge in [-0.3, -0.25) is 0 Å². The monoisotopic (exact) mass is 479 g/mol. The fourth-order valence-electron chi connectivity index (χ4n) is 3.28. The predicted octanol–water partition coefficient (Wildman–Crippen LogP) is 5.84. The number of aliphatic hydroxyl groups excluding tert-OH is 1. The average Bonchev–Trinajstić information content (AvgIpc) is 2.68. The van der Waals surface area contributed by atoms with Crippen LogP contribution in [0, 0.1) is 0 Å². The molecule has 2 aromatic carbocycles. The number of hydrogen-bond acceptors (Lipinski definition) is 4. The molecule has 0 fully saturated rings. The van der Waals surface area contributed by atoms with Crippen molar-refractivity contribution in [2.75, 3.05) is 13.2 Å². The molecule has 2 rings (SSSR count). The maximum absolute atomic E-state index is 13.4. The normalized spacial score (nSPS) is 14.5. The first kappa shape index (κ1) is 26.8. The lowest BCUT2D eigenvalue weighted by Crippen LogP contribution is -2.35. The maximum Gasteiger partial charge on any atom is 0.126 e. The molecule has 0 saturated heterocycles. The van der Waals surface area contributed by atoms with E-state index in [0.717, 1.165) is 21.8 Å². The van der Waals surface area contributed by atoms with Crippen molar-refractivity contribution in [3.05, 3.63) is 52.5 Å². The van der Waals surface area contributed by atoms with E-state index < -0.39 is 16.9 Å². The van der Waals surface area contributed by atoms with Crippen molar-refractivity contribution in [1.29, 1.82) is 0 Å². The Balaban J connectivity index is 2.52. The van der Waals surface area contributed by atoms with Crippen molar-refractivity contribution >= 4 is 22.4 Å². The van der Waals surface area contributed by atoms with Gasteiger partial charge in [-0.05, 0) is 47.2 Å². The zero-order valence-corrected chi connectivity index (χ0v) is 22.2. The van der Waals surface area contributed by atoms with E-state index >= 15 is 0 Å². The zero-order chi connectivity index (χ0) is 24.3. The molecule has 0 aliphatic carbocycles. The molecule has 2 unspecified atom stereocenters. The molecule has 0 heterocycles. The van der Waals surface area contributed by atoms with Crippen LogP contribution in [0.3, 0.4) is 0 Å². The summed E-state index contributed by atoms with van der Waals surface area (Å²) in [5, 5.41) is 14.3. The highest BCUT2D eigenvalue weighted by Gasteiger charge is 2.29. The van der Waals surface area contributed by atoms with Crippen LogP contribution < -0.4 is 10.1 Å². The van der Waals surface area contributed by atoms with E-state index in [0.29, 0.717) is 22.5 Å². The molecule has 0 aromatic heterocycles. The van der Waals surface area contributed by atoms with Gasteiger partial charge in [-0.2, -0.15) is 0 Å². The van der Waals surface area contributed by atoms with E-state index in [4.69, 9.17) is 16.3 Å². The van der Waals surface area contributed by atoms with Crippen LogP contribution in [0.4, 0.5) is 0 Å². The minimum atomic E-state index is -1.35. The van der Waals surface area contributed by atoms with Gasteiger partial charge >= 0.3 is 0 Å². The molecule has 0 radical (unpaired) electrons. The van der Waals surface area contributed by atoms with Crippen LogP contribution in [0.5, 0.6) is 5.75 Å². The van der Waals surface area contributed by atoms with Crippen LogP contribution in [-0.4, -0.2) is 34.6 Å². The van der Waals surface area contributed by atoms with Gasteiger partial charge in [0, 0.05) is 38.5 Å². The Labute approximate surface area is 201 Å². The number of halogens is 1. The summed E-state index contributed by atoms with van der Waals surface area (Å²) in [7, 11) is -1.35. The lowest BCUT2D eigenvalue weighted by atomic mass is 9.79. The summed E-state index contributed by atoms with van der Waals surface area (Å²) >= 11 is 6.01. The minimum Gasteiger partial charge on any atom is -0.490 e. The Hall–Kier alpha value is -1.40. The summed E-state index contributed by atoms with van der Waals surface area (Å²) in [4.78, 5) is 1.44. The van der Waals surface area contributed by atoms with Crippen LogP contribution in [0.2, 0.25) is 5.02 Å². The molecule has 178 valence electrons. The summed E-state index contributed by atoms with van der Waals surface area (Å²) in [6.07, 6.45) is -0.624. The SMILES string of the molecule is CC(C)NCC(O)COc1c(C(C)(C)C)cc(S(=O)c2ccc(Cl)cc2)cc1C(C)(C)C. The van der Waals surface area contributed by atoms with Crippen molar-refractivity contribution < 1.29 is 14.1 Å². The summed E-state index contributed by atoms with van der Waals surface area (Å²) in [5.74, 6) is 0.769. The van der Waals surface area contributed by atoms with Gasteiger partial charge in [0.1, 0.15) is 18.5 Å². The van der Waals surface area contributed by atoms with E-state index in [1.165, 1.54) is 0 Å². The second-order valence-electron chi connectivity index (χ2n) is 10.6. The molecule has 4 nitrogen and oxygen atoms in total. The van der Waals surface area contributed by atoms with Crippen molar-refractivity contribution in [2.45, 2.75) is 88.2 Å². The molecule has 6 heteroatoms. The second kappa shape index (κ2) is 10.7. The van der Waals surface area contributed by atoms with Crippen molar-refractivity contribution in [3.63, 3.8) is 0 Å². The maximum atomic E-state index is 13.4. The van der Waals surface area contributed by atoms with Gasteiger partial charge in [-0.15, -0.1) is 0 Å². The number of rotatable bonds is 8. The largest absolute Gasteiger partial charge is 0.490 e. The Bertz CT molecular complexity index is 893. The predicted molar refractivity (Wildman–Crippen MR) is 135 cm³/mol. The number of aliphatic hydroxyl groups is 1. The highest BCUT2D eigenvalue weighted by Crippen LogP contribution is 2.42. The van der Waals surface area contributed by atoms with E-state index in [1.54, 1.807) is 24.3 Å². The third-order valence-electron chi connectivity index (χ3n) is 5.10. The summed E-state index contributed by atoms with van der Waals surface area (Å²) < 4.78 is 19.7. The lowest BCUT2D eigenvalue weighted by Gasteiger charge is -2.31. The molecule has 2 N–H and O–H groups in total. The molecule has 0 amide bonds. The van der Waals surface area contributed by atoms with Gasteiger partial charge < -0.3 is 15.2 Å². The first-order valence-corrected chi connectivity index (χ1v) is 12.6. The van der Waals surface area contributed by atoms with Crippen LogP contribution in [0.15, 0.2) is 46.2 Å². The molecule has 32 heavy (non-hydrogen) atoms. The van der Waals surface area contributed by atoms with Crippen LogP contribution in [0.25, 0.3) is 0 Å². The van der Waals surface area contributed by atoms with Gasteiger partial charge in [0.05, 0.1) is 10.8 Å². The van der Waals surface area contributed by atoms with Gasteiger partial charge in [0.25, 0.3) is 0 Å². The van der Waals surface area contributed by atoms with Crippen LogP contribution in [-0.2, 0) is 21.6 Å². The van der Waals surface area contributed by atoms with Crippen molar-refractivity contribution in [3.8, 4) is 5.75 Å². The van der Waals surface area contributed by atoms with E-state index in [1.807, 2.05) is 26.0 Å². The standard InChI is InChI=1S/C26H38ClNO3S/c1-17(2)28-15-19(29)16-31-24-22(25(3,4)5)13-21(14-23(24)26(6,7)8)32(30)20-11-9-18(27)10-12-20/h9-14,17,19,28-29H,15-16H2,1-8H3. The van der Waals surface area contributed by atoms with Gasteiger partial charge in [0.2, 0.25) is 0 Å². The second-order valence-corrected chi connectivity index (χ2v) is 12.5. The first-order valence-electron chi connectivity index (χ1n) is 11.1.